The van der Waals surface area contributed by atoms with Gasteiger partial charge in [0.15, 0.2) is 0 Å². The molecule has 0 aliphatic rings. The fourth-order valence-corrected chi connectivity index (χ4v) is 1.12. The quantitative estimate of drug-likeness (QED) is 0.597. The molecule has 0 rings (SSSR count). The Balaban J connectivity index is 3.67. The van der Waals surface area contributed by atoms with E-state index in [1.807, 2.05) is 6.92 Å². The van der Waals surface area contributed by atoms with Crippen molar-refractivity contribution in [2.45, 2.75) is 39.3 Å². The van der Waals surface area contributed by atoms with Gasteiger partial charge < -0.3 is 14.8 Å². The van der Waals surface area contributed by atoms with Gasteiger partial charge in [-0.15, -0.1) is 6.58 Å². The van der Waals surface area contributed by atoms with Gasteiger partial charge in [0, 0.05) is 19.7 Å². The van der Waals surface area contributed by atoms with Crippen LogP contribution in [-0.4, -0.2) is 39.0 Å². The normalized spacial score (nSPS) is 13.1. The van der Waals surface area contributed by atoms with Crippen molar-refractivity contribution in [3.05, 3.63) is 12.2 Å². The molecule has 0 saturated carbocycles. The molecule has 0 amide bonds. The summed E-state index contributed by atoms with van der Waals surface area (Å²) in [7, 11) is 1.70. The second-order valence-electron chi connectivity index (χ2n) is 4.22. The van der Waals surface area contributed by atoms with Crippen LogP contribution in [0.25, 0.3) is 0 Å². The van der Waals surface area contributed by atoms with Crippen LogP contribution in [0.4, 0.5) is 0 Å². The molecule has 0 aromatic rings. The fourth-order valence-electron chi connectivity index (χ4n) is 1.12. The van der Waals surface area contributed by atoms with Gasteiger partial charge in [-0.1, -0.05) is 19.4 Å². The first-order valence-corrected chi connectivity index (χ1v) is 5.54. The highest BCUT2D eigenvalue weighted by molar-refractivity contribution is 4.87. The number of methoxy groups -OCH3 is 1. The van der Waals surface area contributed by atoms with E-state index >= 15 is 0 Å². The number of hydrogen-bond acceptors (Lipinski definition) is 3. The molecule has 0 bridgehead atoms. The predicted molar refractivity (Wildman–Crippen MR) is 64.2 cm³/mol. The van der Waals surface area contributed by atoms with Crippen LogP contribution in [0.15, 0.2) is 12.2 Å². The van der Waals surface area contributed by atoms with Crippen LogP contribution < -0.4 is 5.32 Å². The lowest BCUT2D eigenvalue weighted by Gasteiger charge is -2.19. The van der Waals surface area contributed by atoms with Crippen LogP contribution >= 0.6 is 0 Å². The molecular weight excluding hydrogens is 190 g/mol. The summed E-state index contributed by atoms with van der Waals surface area (Å²) in [4.78, 5) is 0. The maximum absolute atomic E-state index is 5.70. The molecule has 0 heterocycles. The summed E-state index contributed by atoms with van der Waals surface area (Å²) in [6, 6.07) is 0.481. The zero-order valence-corrected chi connectivity index (χ0v) is 10.5. The average Bonchev–Trinajstić information content (AvgIpc) is 2.13. The molecule has 1 N–H and O–H groups in total. The van der Waals surface area contributed by atoms with E-state index in [0.29, 0.717) is 12.6 Å². The number of rotatable bonds is 9. The number of nitrogens with one attached hydrogen (secondary N) is 1. The zero-order valence-electron chi connectivity index (χ0n) is 10.5. The van der Waals surface area contributed by atoms with Gasteiger partial charge in [-0.25, -0.2) is 0 Å². The van der Waals surface area contributed by atoms with Crippen LogP contribution in [0.5, 0.6) is 0 Å². The van der Waals surface area contributed by atoms with E-state index < -0.39 is 0 Å². The minimum Gasteiger partial charge on any atom is -0.382 e. The largest absolute Gasteiger partial charge is 0.382 e. The molecule has 0 spiro atoms. The third kappa shape index (κ3) is 9.91. The minimum atomic E-state index is 0.136. The molecule has 0 aliphatic heterocycles. The second kappa shape index (κ2) is 8.89. The van der Waals surface area contributed by atoms with Gasteiger partial charge in [0.05, 0.1) is 19.3 Å². The molecular formula is C12H25NO2. The highest BCUT2D eigenvalue weighted by Gasteiger charge is 2.08. The van der Waals surface area contributed by atoms with E-state index in [2.05, 4.69) is 25.7 Å². The second-order valence-corrected chi connectivity index (χ2v) is 4.22. The highest BCUT2D eigenvalue weighted by Crippen LogP contribution is 1.99. The van der Waals surface area contributed by atoms with Crippen molar-refractivity contribution in [1.82, 2.24) is 5.32 Å². The van der Waals surface area contributed by atoms with Crippen LogP contribution in [0.1, 0.15) is 27.2 Å². The topological polar surface area (TPSA) is 30.5 Å². The molecule has 0 fully saturated rings. The molecule has 90 valence electrons. The number of hydrogen-bond donors (Lipinski definition) is 1. The van der Waals surface area contributed by atoms with Crippen molar-refractivity contribution in [2.24, 2.45) is 0 Å². The summed E-state index contributed by atoms with van der Waals surface area (Å²) in [5.41, 5.74) is 1.16. The van der Waals surface area contributed by atoms with Crippen LogP contribution in [0, 0.1) is 0 Å². The Hall–Kier alpha value is -0.380. The van der Waals surface area contributed by atoms with Gasteiger partial charge in [-0.2, -0.15) is 0 Å². The van der Waals surface area contributed by atoms with Crippen molar-refractivity contribution >= 4 is 0 Å². The summed E-state index contributed by atoms with van der Waals surface area (Å²) >= 11 is 0. The molecule has 0 aromatic carbocycles. The first-order chi connectivity index (χ1) is 7.06. The average molecular weight is 215 g/mol. The van der Waals surface area contributed by atoms with Gasteiger partial charge in [0.25, 0.3) is 0 Å². The van der Waals surface area contributed by atoms with E-state index in [9.17, 15) is 0 Å². The molecule has 0 saturated heterocycles. The molecule has 1 unspecified atom stereocenters. The molecule has 1 atom stereocenters. The summed E-state index contributed by atoms with van der Waals surface area (Å²) in [6.07, 6.45) is 1.05. The van der Waals surface area contributed by atoms with E-state index in [1.165, 1.54) is 0 Å². The molecule has 3 heteroatoms. The lowest BCUT2D eigenvalue weighted by molar-refractivity contribution is -0.000429. The molecule has 0 aliphatic carbocycles. The van der Waals surface area contributed by atoms with Crippen molar-refractivity contribution in [3.8, 4) is 0 Å². The lowest BCUT2D eigenvalue weighted by Crippen LogP contribution is -2.36. The molecule has 0 radical (unpaired) electrons. The summed E-state index contributed by atoms with van der Waals surface area (Å²) in [5.74, 6) is 0. The summed E-state index contributed by atoms with van der Waals surface area (Å²) < 4.78 is 10.8. The summed E-state index contributed by atoms with van der Waals surface area (Å²) in [6.45, 7) is 12.3. The predicted octanol–water partition coefficient (Wildman–Crippen LogP) is 1.98. The molecule has 3 nitrogen and oxygen atoms in total. The van der Waals surface area contributed by atoms with Gasteiger partial charge in [0.2, 0.25) is 0 Å². The monoisotopic (exact) mass is 215 g/mol. The van der Waals surface area contributed by atoms with E-state index in [1.54, 1.807) is 7.11 Å². The van der Waals surface area contributed by atoms with Crippen molar-refractivity contribution in [2.75, 3.05) is 26.9 Å². The van der Waals surface area contributed by atoms with Gasteiger partial charge in [-0.05, 0) is 13.3 Å². The Morgan fingerprint density at radius 1 is 1.40 bits per heavy atom. The van der Waals surface area contributed by atoms with Crippen molar-refractivity contribution in [3.63, 3.8) is 0 Å². The van der Waals surface area contributed by atoms with Gasteiger partial charge in [-0.3, -0.25) is 0 Å². The van der Waals surface area contributed by atoms with Crippen LogP contribution in [-0.2, 0) is 9.47 Å². The standard InChI is InChI=1S/C12H25NO2/c1-10(2)6-7-15-12(9-14-5)8-13-11(3)4/h11-13H,1,6-9H2,2-5H3. The van der Waals surface area contributed by atoms with Crippen molar-refractivity contribution < 1.29 is 9.47 Å². The van der Waals surface area contributed by atoms with Gasteiger partial charge in [0.1, 0.15) is 0 Å². The Morgan fingerprint density at radius 3 is 2.53 bits per heavy atom. The zero-order chi connectivity index (χ0) is 11.7. The maximum atomic E-state index is 5.70. The smallest absolute Gasteiger partial charge is 0.0932 e. The third-order valence-electron chi connectivity index (χ3n) is 1.99. The third-order valence-corrected chi connectivity index (χ3v) is 1.99. The Labute approximate surface area is 93.8 Å². The fraction of sp³-hybridized carbons (Fsp3) is 0.833. The maximum Gasteiger partial charge on any atom is 0.0932 e. The molecule has 15 heavy (non-hydrogen) atoms. The van der Waals surface area contributed by atoms with E-state index in [0.717, 1.165) is 25.1 Å². The van der Waals surface area contributed by atoms with Gasteiger partial charge >= 0.3 is 0 Å². The SMILES string of the molecule is C=C(C)CCOC(CNC(C)C)COC. The first kappa shape index (κ1) is 14.6. The Bertz CT molecular complexity index is 169. The Kier molecular flexibility index (Phi) is 8.67. The first-order valence-electron chi connectivity index (χ1n) is 5.54. The van der Waals surface area contributed by atoms with E-state index in [-0.39, 0.29) is 6.10 Å². The molecule has 0 aromatic heterocycles. The summed E-state index contributed by atoms with van der Waals surface area (Å²) in [5, 5.41) is 3.34. The van der Waals surface area contributed by atoms with E-state index in [4.69, 9.17) is 9.47 Å². The minimum absolute atomic E-state index is 0.136. The Morgan fingerprint density at radius 2 is 2.07 bits per heavy atom. The number of ether oxygens (including phenoxy) is 2. The van der Waals surface area contributed by atoms with Crippen molar-refractivity contribution in [1.29, 1.82) is 0 Å². The van der Waals surface area contributed by atoms with Crippen LogP contribution in [0.3, 0.4) is 0 Å². The highest BCUT2D eigenvalue weighted by atomic mass is 16.5. The lowest BCUT2D eigenvalue weighted by atomic mass is 10.2. The van der Waals surface area contributed by atoms with Crippen LogP contribution in [0.2, 0.25) is 0 Å².